The van der Waals surface area contributed by atoms with E-state index in [1.807, 2.05) is 0 Å². The summed E-state index contributed by atoms with van der Waals surface area (Å²) in [5.74, 6) is -2.76. The monoisotopic (exact) mass is 237 g/mol. The minimum Gasteiger partial charge on any atom is -0.475 e. The summed E-state index contributed by atoms with van der Waals surface area (Å²) in [5.41, 5.74) is 0. The highest BCUT2D eigenvalue weighted by atomic mass is 32.2. The molecule has 0 bridgehead atoms. The van der Waals surface area contributed by atoms with Gasteiger partial charge in [-0.2, -0.15) is 13.2 Å². The van der Waals surface area contributed by atoms with Gasteiger partial charge in [-0.1, -0.05) is 6.92 Å². The van der Waals surface area contributed by atoms with Crippen LogP contribution in [-0.4, -0.2) is 43.6 Å². The van der Waals surface area contributed by atoms with E-state index in [1.54, 1.807) is 6.92 Å². The molecule has 0 aliphatic heterocycles. The van der Waals surface area contributed by atoms with Gasteiger partial charge in [0.1, 0.15) is 0 Å². The van der Waals surface area contributed by atoms with Gasteiger partial charge in [-0.25, -0.2) is 17.5 Å². The number of halogens is 3. The molecule has 0 saturated carbocycles. The number of carbonyl (C=O) groups is 1. The summed E-state index contributed by atoms with van der Waals surface area (Å²) in [4.78, 5) is 8.90. The second kappa shape index (κ2) is 6.60. The number of carboxylic acid groups (broad SMARTS) is 1. The van der Waals surface area contributed by atoms with Crippen molar-refractivity contribution in [3.05, 3.63) is 0 Å². The van der Waals surface area contributed by atoms with E-state index in [0.717, 1.165) is 0 Å². The molecule has 9 heteroatoms. The summed E-state index contributed by atoms with van der Waals surface area (Å²) in [6.07, 6.45) is -5.08. The molecular weight excluding hydrogens is 227 g/mol. The summed E-state index contributed by atoms with van der Waals surface area (Å²) in [6.45, 7) is 2.34. The average molecular weight is 237 g/mol. The smallest absolute Gasteiger partial charge is 0.475 e. The molecule has 5 nitrogen and oxygen atoms in total. The Hall–Kier alpha value is -0.830. The molecule has 0 aromatic heterocycles. The van der Waals surface area contributed by atoms with E-state index in [1.165, 1.54) is 11.4 Å². The normalized spacial score (nSPS) is 11.1. The molecule has 0 aliphatic carbocycles. The average Bonchev–Trinajstić information content (AvgIpc) is 2.02. The van der Waals surface area contributed by atoms with E-state index < -0.39 is 23.0 Å². The predicted molar refractivity (Wildman–Crippen MR) is 42.3 cm³/mol. The minimum absolute atomic E-state index is 0.554. The van der Waals surface area contributed by atoms with Gasteiger partial charge in [0.2, 0.25) is 10.9 Å². The SMILES string of the molecule is CCN(C)[SH](=O)=O.O=C(O)C(F)(F)F. The zero-order valence-electron chi connectivity index (χ0n) is 7.41. The Bertz CT molecular complexity index is 242. The third-order valence-electron chi connectivity index (χ3n) is 0.979. The summed E-state index contributed by atoms with van der Waals surface area (Å²) in [6, 6.07) is 0. The van der Waals surface area contributed by atoms with Crippen molar-refractivity contribution >= 4 is 16.9 Å². The first-order chi connectivity index (χ1) is 6.12. The maximum atomic E-state index is 10.6. The van der Waals surface area contributed by atoms with Crippen molar-refractivity contribution in [2.75, 3.05) is 13.6 Å². The quantitative estimate of drug-likeness (QED) is 0.668. The molecule has 0 rings (SSSR count). The maximum absolute atomic E-state index is 10.6. The fourth-order valence-electron chi connectivity index (χ4n) is 0.115. The van der Waals surface area contributed by atoms with Gasteiger partial charge in [-0.05, 0) is 0 Å². The highest BCUT2D eigenvalue weighted by Gasteiger charge is 2.38. The van der Waals surface area contributed by atoms with Crippen LogP contribution in [0.15, 0.2) is 0 Å². The Balaban J connectivity index is 0. The number of hydrogen-bond donors (Lipinski definition) is 2. The third kappa shape index (κ3) is 9.26. The Labute approximate surface area is 80.2 Å². The van der Waals surface area contributed by atoms with Crippen LogP contribution in [0.25, 0.3) is 0 Å². The molecule has 0 spiro atoms. The summed E-state index contributed by atoms with van der Waals surface area (Å²) in [7, 11) is -0.795. The van der Waals surface area contributed by atoms with Crippen LogP contribution in [0.2, 0.25) is 0 Å². The highest BCUT2D eigenvalue weighted by molar-refractivity contribution is 7.69. The van der Waals surface area contributed by atoms with E-state index in [-0.39, 0.29) is 0 Å². The minimum atomic E-state index is -5.08. The molecule has 0 fully saturated rings. The van der Waals surface area contributed by atoms with Crippen LogP contribution in [0.1, 0.15) is 6.92 Å². The Morgan fingerprint density at radius 3 is 1.71 bits per heavy atom. The first-order valence-electron chi connectivity index (χ1n) is 3.28. The molecular formula is C5H10F3NO4S. The second-order valence-corrected chi connectivity index (χ2v) is 3.17. The van der Waals surface area contributed by atoms with Crippen LogP contribution in [0, 0.1) is 0 Å². The van der Waals surface area contributed by atoms with Crippen molar-refractivity contribution < 1.29 is 31.5 Å². The Morgan fingerprint density at radius 2 is 1.71 bits per heavy atom. The molecule has 1 N–H and O–H groups in total. The third-order valence-corrected chi connectivity index (χ3v) is 1.82. The maximum Gasteiger partial charge on any atom is 0.490 e. The largest absolute Gasteiger partial charge is 0.490 e. The molecule has 0 radical (unpaired) electrons. The van der Waals surface area contributed by atoms with Crippen LogP contribution in [0.3, 0.4) is 0 Å². The Morgan fingerprint density at radius 1 is 1.43 bits per heavy atom. The van der Waals surface area contributed by atoms with E-state index in [9.17, 15) is 21.6 Å². The van der Waals surface area contributed by atoms with Crippen LogP contribution in [-0.2, 0) is 15.7 Å². The highest BCUT2D eigenvalue weighted by Crippen LogP contribution is 2.13. The summed E-state index contributed by atoms with van der Waals surface area (Å²) >= 11 is 0. The molecule has 0 aromatic carbocycles. The van der Waals surface area contributed by atoms with Crippen LogP contribution in [0.5, 0.6) is 0 Å². The number of carboxylic acids is 1. The molecule has 0 amide bonds. The van der Waals surface area contributed by atoms with Crippen LogP contribution in [0.4, 0.5) is 13.2 Å². The van der Waals surface area contributed by atoms with E-state index in [4.69, 9.17) is 9.90 Å². The molecule has 0 atom stereocenters. The molecule has 0 aliphatic rings. The van der Waals surface area contributed by atoms with Gasteiger partial charge >= 0.3 is 12.1 Å². The topological polar surface area (TPSA) is 74.7 Å². The lowest BCUT2D eigenvalue weighted by Gasteiger charge is -1.99. The fourth-order valence-corrected chi connectivity index (χ4v) is 0.346. The van der Waals surface area contributed by atoms with E-state index in [2.05, 4.69) is 0 Å². The number of hydrogen-bond acceptors (Lipinski definition) is 3. The predicted octanol–water partition coefficient (Wildman–Crippen LogP) is 0.0978. The zero-order valence-corrected chi connectivity index (χ0v) is 8.30. The van der Waals surface area contributed by atoms with Gasteiger partial charge in [0, 0.05) is 13.6 Å². The fraction of sp³-hybridized carbons (Fsp3) is 0.800. The summed E-state index contributed by atoms with van der Waals surface area (Å²) < 4.78 is 52.8. The van der Waals surface area contributed by atoms with Crippen molar-refractivity contribution in [3.8, 4) is 0 Å². The van der Waals surface area contributed by atoms with Crippen LogP contribution >= 0.6 is 0 Å². The lowest BCUT2D eigenvalue weighted by atomic mass is 10.7. The van der Waals surface area contributed by atoms with Gasteiger partial charge < -0.3 is 5.11 Å². The number of rotatable bonds is 2. The molecule has 14 heavy (non-hydrogen) atoms. The molecule has 0 saturated heterocycles. The van der Waals surface area contributed by atoms with Crippen molar-refractivity contribution in [2.45, 2.75) is 13.1 Å². The van der Waals surface area contributed by atoms with Gasteiger partial charge in [-0.3, -0.25) is 0 Å². The number of alkyl halides is 3. The van der Waals surface area contributed by atoms with Gasteiger partial charge in [0.25, 0.3) is 0 Å². The first kappa shape index (κ1) is 15.6. The number of aliphatic carboxylic acids is 1. The summed E-state index contributed by atoms with van der Waals surface area (Å²) in [5, 5.41) is 7.12. The van der Waals surface area contributed by atoms with Crippen molar-refractivity contribution in [1.29, 1.82) is 0 Å². The first-order valence-corrected chi connectivity index (χ1v) is 4.41. The van der Waals surface area contributed by atoms with Crippen molar-refractivity contribution in [2.24, 2.45) is 0 Å². The lowest BCUT2D eigenvalue weighted by Crippen LogP contribution is -2.21. The number of thiol groups is 1. The van der Waals surface area contributed by atoms with Crippen molar-refractivity contribution in [3.63, 3.8) is 0 Å². The van der Waals surface area contributed by atoms with E-state index >= 15 is 0 Å². The second-order valence-electron chi connectivity index (χ2n) is 2.01. The van der Waals surface area contributed by atoms with Gasteiger partial charge in [-0.15, -0.1) is 0 Å². The lowest BCUT2D eigenvalue weighted by molar-refractivity contribution is -0.192. The molecule has 0 unspecified atom stereocenters. The van der Waals surface area contributed by atoms with Gasteiger partial charge in [0.05, 0.1) is 0 Å². The Kier molecular flexibility index (Phi) is 7.37. The van der Waals surface area contributed by atoms with Crippen molar-refractivity contribution in [1.82, 2.24) is 4.31 Å². The molecule has 86 valence electrons. The van der Waals surface area contributed by atoms with Crippen LogP contribution < -0.4 is 0 Å². The van der Waals surface area contributed by atoms with E-state index in [0.29, 0.717) is 6.54 Å². The zero-order chi connectivity index (χ0) is 11.9. The molecule has 0 aromatic rings. The standard InChI is InChI=1S/C3H9NO2S.C2HF3O2/c1-3-4(2)7(5)6;3-2(4,5)1(6)7/h7H,3H2,1-2H3;(H,6,7). The molecule has 0 heterocycles. The number of nitrogens with zero attached hydrogens (tertiary/aromatic N) is 1. The van der Waals surface area contributed by atoms with Gasteiger partial charge in [0.15, 0.2) is 0 Å².